The average Bonchev–Trinajstić information content (AvgIpc) is 2.38. The lowest BCUT2D eigenvalue weighted by Crippen LogP contribution is -2.24. The third-order valence-electron chi connectivity index (χ3n) is 2.67. The summed E-state index contributed by atoms with van der Waals surface area (Å²) in [5.74, 6) is 0.765. The smallest absolute Gasteiger partial charge is 0.251 e. The molecular weight excluding hydrogens is 249 g/mol. The minimum absolute atomic E-state index is 0.126. The van der Waals surface area contributed by atoms with Gasteiger partial charge in [0.05, 0.1) is 0 Å². The second kappa shape index (κ2) is 8.97. The van der Waals surface area contributed by atoms with Crippen molar-refractivity contribution in [3.63, 3.8) is 0 Å². The van der Waals surface area contributed by atoms with Crippen LogP contribution in [-0.2, 0) is 0 Å². The fourth-order valence-corrected chi connectivity index (χ4v) is 2.12. The van der Waals surface area contributed by atoms with Gasteiger partial charge in [-0.1, -0.05) is 12.8 Å². The molecule has 0 aliphatic heterocycles. The highest BCUT2D eigenvalue weighted by atomic mass is 32.2. The van der Waals surface area contributed by atoms with Crippen molar-refractivity contribution in [2.45, 2.75) is 25.7 Å². The Bertz CT molecular complexity index is 353. The highest BCUT2D eigenvalue weighted by molar-refractivity contribution is 7.98. The molecule has 1 aromatic carbocycles. The summed E-state index contributed by atoms with van der Waals surface area (Å²) < 4.78 is 12.7. The quantitative estimate of drug-likeness (QED) is 0.732. The molecule has 0 bridgehead atoms. The first-order valence-electron chi connectivity index (χ1n) is 6.26. The Hall–Kier alpha value is -1.03. The highest BCUT2D eigenvalue weighted by Crippen LogP contribution is 2.05. The number of nitrogens with one attached hydrogen (secondary N) is 1. The van der Waals surface area contributed by atoms with Crippen LogP contribution in [0.3, 0.4) is 0 Å². The number of thioether (sulfide) groups is 1. The van der Waals surface area contributed by atoms with Gasteiger partial charge < -0.3 is 5.32 Å². The van der Waals surface area contributed by atoms with Gasteiger partial charge in [-0.3, -0.25) is 4.79 Å². The lowest BCUT2D eigenvalue weighted by Gasteiger charge is -2.05. The number of carbonyl (C=O) groups is 1. The van der Waals surface area contributed by atoms with E-state index in [-0.39, 0.29) is 11.7 Å². The van der Waals surface area contributed by atoms with Crippen LogP contribution >= 0.6 is 11.8 Å². The molecule has 0 saturated carbocycles. The van der Waals surface area contributed by atoms with Gasteiger partial charge >= 0.3 is 0 Å². The van der Waals surface area contributed by atoms with Gasteiger partial charge in [-0.25, -0.2) is 4.39 Å². The van der Waals surface area contributed by atoms with Crippen molar-refractivity contribution in [3.05, 3.63) is 35.6 Å². The van der Waals surface area contributed by atoms with Gasteiger partial charge in [0.15, 0.2) is 0 Å². The zero-order valence-electron chi connectivity index (χ0n) is 10.7. The van der Waals surface area contributed by atoms with Gasteiger partial charge in [0.1, 0.15) is 5.82 Å². The molecule has 1 amide bonds. The predicted molar refractivity (Wildman–Crippen MR) is 75.6 cm³/mol. The third kappa shape index (κ3) is 6.05. The second-order valence-corrected chi connectivity index (χ2v) is 5.16. The Balaban J connectivity index is 2.12. The minimum Gasteiger partial charge on any atom is -0.352 e. The minimum atomic E-state index is -0.319. The number of rotatable bonds is 8. The first kappa shape index (κ1) is 15.0. The van der Waals surface area contributed by atoms with E-state index in [0.717, 1.165) is 12.8 Å². The van der Waals surface area contributed by atoms with Crippen LogP contribution in [0.4, 0.5) is 4.39 Å². The third-order valence-corrected chi connectivity index (χ3v) is 3.36. The molecule has 1 N–H and O–H groups in total. The first-order chi connectivity index (χ1) is 8.74. The molecule has 0 aliphatic rings. The first-order valence-corrected chi connectivity index (χ1v) is 7.66. The molecule has 2 nitrogen and oxygen atoms in total. The van der Waals surface area contributed by atoms with Gasteiger partial charge in [0.25, 0.3) is 5.91 Å². The van der Waals surface area contributed by atoms with Crippen molar-refractivity contribution in [1.82, 2.24) is 5.32 Å². The van der Waals surface area contributed by atoms with Crippen molar-refractivity contribution in [2.75, 3.05) is 18.6 Å². The molecule has 0 aromatic heterocycles. The molecule has 0 atom stereocenters. The second-order valence-electron chi connectivity index (χ2n) is 4.17. The van der Waals surface area contributed by atoms with Crippen LogP contribution in [0.1, 0.15) is 36.0 Å². The summed E-state index contributed by atoms with van der Waals surface area (Å²) in [7, 11) is 0. The molecule has 0 spiro atoms. The normalized spacial score (nSPS) is 10.3. The molecule has 0 fully saturated rings. The zero-order valence-corrected chi connectivity index (χ0v) is 11.6. The van der Waals surface area contributed by atoms with E-state index >= 15 is 0 Å². The average molecular weight is 269 g/mol. The summed E-state index contributed by atoms with van der Waals surface area (Å²) in [6.45, 7) is 0.690. The summed E-state index contributed by atoms with van der Waals surface area (Å²) >= 11 is 1.87. The van der Waals surface area contributed by atoms with Crippen LogP contribution in [0.15, 0.2) is 24.3 Å². The van der Waals surface area contributed by atoms with E-state index in [1.54, 1.807) is 0 Å². The summed E-state index contributed by atoms with van der Waals surface area (Å²) in [5, 5.41) is 2.84. The summed E-state index contributed by atoms with van der Waals surface area (Å²) in [5.41, 5.74) is 0.513. The maximum atomic E-state index is 12.7. The van der Waals surface area contributed by atoms with E-state index < -0.39 is 0 Å². The van der Waals surface area contributed by atoms with E-state index in [1.807, 2.05) is 11.8 Å². The lowest BCUT2D eigenvalue weighted by atomic mass is 10.2. The number of hydrogen-bond donors (Lipinski definition) is 1. The Morgan fingerprint density at radius 3 is 2.50 bits per heavy atom. The zero-order chi connectivity index (χ0) is 13.2. The van der Waals surface area contributed by atoms with Crippen LogP contribution in [0.5, 0.6) is 0 Å². The molecule has 0 radical (unpaired) electrons. The topological polar surface area (TPSA) is 29.1 Å². The molecule has 1 rings (SSSR count). The maximum Gasteiger partial charge on any atom is 0.251 e. The molecule has 0 heterocycles. The van der Waals surface area contributed by atoms with E-state index in [0.29, 0.717) is 12.1 Å². The molecule has 4 heteroatoms. The van der Waals surface area contributed by atoms with Crippen LogP contribution in [-0.4, -0.2) is 24.5 Å². The Morgan fingerprint density at radius 1 is 1.17 bits per heavy atom. The summed E-state index contributed by atoms with van der Waals surface area (Å²) in [6.07, 6.45) is 6.72. The largest absolute Gasteiger partial charge is 0.352 e. The summed E-state index contributed by atoms with van der Waals surface area (Å²) in [6, 6.07) is 5.61. The maximum absolute atomic E-state index is 12.7. The number of hydrogen-bond acceptors (Lipinski definition) is 2. The van der Waals surface area contributed by atoms with E-state index in [1.165, 1.54) is 42.9 Å². The van der Waals surface area contributed by atoms with Crippen LogP contribution in [0.25, 0.3) is 0 Å². The van der Waals surface area contributed by atoms with E-state index in [9.17, 15) is 9.18 Å². The number of benzene rings is 1. The standard InChI is InChI=1S/C14H20FNOS/c1-18-11-5-3-2-4-10-16-14(17)12-6-8-13(15)9-7-12/h6-9H,2-5,10-11H2,1H3,(H,16,17). The fraction of sp³-hybridized carbons (Fsp3) is 0.500. The van der Waals surface area contributed by atoms with Gasteiger partial charge in [-0.2, -0.15) is 11.8 Å². The highest BCUT2D eigenvalue weighted by Gasteiger charge is 2.03. The van der Waals surface area contributed by atoms with Crippen molar-refractivity contribution in [2.24, 2.45) is 0 Å². The Labute approximate surface area is 112 Å². The molecule has 0 unspecified atom stereocenters. The summed E-state index contributed by atoms with van der Waals surface area (Å²) in [4.78, 5) is 11.7. The molecule has 0 saturated heterocycles. The Kier molecular flexibility index (Phi) is 7.49. The molecule has 100 valence electrons. The molecular formula is C14H20FNOS. The van der Waals surface area contributed by atoms with Gasteiger partial charge in [0.2, 0.25) is 0 Å². The van der Waals surface area contributed by atoms with Crippen LogP contribution in [0.2, 0.25) is 0 Å². The van der Waals surface area contributed by atoms with Crippen LogP contribution in [0, 0.1) is 5.82 Å². The van der Waals surface area contributed by atoms with Crippen molar-refractivity contribution >= 4 is 17.7 Å². The Morgan fingerprint density at radius 2 is 1.83 bits per heavy atom. The van der Waals surface area contributed by atoms with E-state index in [2.05, 4.69) is 11.6 Å². The van der Waals surface area contributed by atoms with Gasteiger partial charge in [0, 0.05) is 12.1 Å². The number of unbranched alkanes of at least 4 members (excludes halogenated alkanes) is 3. The van der Waals surface area contributed by atoms with Gasteiger partial charge in [-0.15, -0.1) is 0 Å². The fourth-order valence-electron chi connectivity index (χ4n) is 1.63. The van der Waals surface area contributed by atoms with Crippen LogP contribution < -0.4 is 5.32 Å². The van der Waals surface area contributed by atoms with Gasteiger partial charge in [-0.05, 0) is 49.1 Å². The van der Waals surface area contributed by atoms with Crippen molar-refractivity contribution < 1.29 is 9.18 Å². The van der Waals surface area contributed by atoms with Crippen molar-refractivity contribution in [1.29, 1.82) is 0 Å². The molecule has 18 heavy (non-hydrogen) atoms. The molecule has 1 aromatic rings. The molecule has 0 aliphatic carbocycles. The number of carbonyl (C=O) groups excluding carboxylic acids is 1. The SMILES string of the molecule is CSCCCCCCNC(=O)c1ccc(F)cc1. The lowest BCUT2D eigenvalue weighted by molar-refractivity contribution is 0.0953. The van der Waals surface area contributed by atoms with Crippen molar-refractivity contribution in [3.8, 4) is 0 Å². The van der Waals surface area contributed by atoms with E-state index in [4.69, 9.17) is 0 Å². The number of amides is 1. The monoisotopic (exact) mass is 269 g/mol. The predicted octanol–water partition coefficient (Wildman–Crippen LogP) is 3.48. The number of halogens is 1.